The Kier molecular flexibility index (Phi) is 9.88. The van der Waals surface area contributed by atoms with Crippen molar-refractivity contribution in [3.05, 3.63) is 107 Å². The van der Waals surface area contributed by atoms with E-state index in [2.05, 4.69) is 57.1 Å². The number of hydrogen-bond donors (Lipinski definition) is 4. The second kappa shape index (κ2) is 14.3. The predicted molar refractivity (Wildman–Crippen MR) is 166 cm³/mol. The lowest BCUT2D eigenvalue weighted by Crippen LogP contribution is -2.40. The average Bonchev–Trinajstić information content (AvgIpc) is 3.72. The SMILES string of the molecule is CCCCc1nc(C(=O)N[C@@H](CC(=O)NO)Cc2ccccc2C)cn1Cc1ccc(-c2ccccc2-c2nnn[nH]2)cc1. The fourth-order valence-corrected chi connectivity index (χ4v) is 5.24. The summed E-state index contributed by atoms with van der Waals surface area (Å²) in [6, 6.07) is 23.5. The smallest absolute Gasteiger partial charge is 0.271 e. The van der Waals surface area contributed by atoms with Gasteiger partial charge in [0.15, 0.2) is 5.82 Å². The third-order valence-corrected chi connectivity index (χ3v) is 7.61. The van der Waals surface area contributed by atoms with Crippen LogP contribution in [0.25, 0.3) is 22.5 Å². The van der Waals surface area contributed by atoms with Crippen LogP contribution in [0.5, 0.6) is 0 Å². The Hall–Kier alpha value is -5.16. The summed E-state index contributed by atoms with van der Waals surface area (Å²) in [5, 5.41) is 26.4. The highest BCUT2D eigenvalue weighted by molar-refractivity contribution is 5.92. The molecule has 2 aromatic heterocycles. The molecule has 11 nitrogen and oxygen atoms in total. The molecule has 5 rings (SSSR count). The van der Waals surface area contributed by atoms with E-state index in [1.807, 2.05) is 60.0 Å². The highest BCUT2D eigenvalue weighted by atomic mass is 16.5. The molecule has 0 unspecified atom stereocenters. The van der Waals surface area contributed by atoms with E-state index < -0.39 is 11.9 Å². The molecule has 0 spiro atoms. The number of unbranched alkanes of at least 4 members (excludes halogenated alkanes) is 1. The molecular formula is C33H36N8O3. The van der Waals surface area contributed by atoms with Crippen LogP contribution in [0.3, 0.4) is 0 Å². The number of H-pyrrole nitrogens is 1. The van der Waals surface area contributed by atoms with Crippen LogP contribution in [-0.2, 0) is 24.2 Å². The fraction of sp³-hybridized carbons (Fsp3) is 0.273. The summed E-state index contributed by atoms with van der Waals surface area (Å²) in [6.07, 6.45) is 4.83. The van der Waals surface area contributed by atoms with Crippen molar-refractivity contribution in [1.82, 2.24) is 41.0 Å². The van der Waals surface area contributed by atoms with Gasteiger partial charge in [0.1, 0.15) is 11.5 Å². The van der Waals surface area contributed by atoms with E-state index in [0.717, 1.165) is 58.5 Å². The number of tetrazole rings is 1. The topological polar surface area (TPSA) is 151 Å². The Labute approximate surface area is 255 Å². The molecule has 2 amide bonds. The normalized spacial score (nSPS) is 11.7. The summed E-state index contributed by atoms with van der Waals surface area (Å²) >= 11 is 0. The minimum absolute atomic E-state index is 0.0671. The number of benzene rings is 3. The Morgan fingerprint density at radius 2 is 1.75 bits per heavy atom. The molecule has 3 aromatic carbocycles. The zero-order valence-corrected chi connectivity index (χ0v) is 24.8. The molecule has 0 aliphatic carbocycles. The first-order chi connectivity index (χ1) is 21.4. The fourth-order valence-electron chi connectivity index (χ4n) is 5.24. The molecule has 5 aromatic rings. The maximum absolute atomic E-state index is 13.4. The summed E-state index contributed by atoms with van der Waals surface area (Å²) in [6.45, 7) is 4.66. The number of rotatable bonds is 13. The zero-order chi connectivity index (χ0) is 30.9. The number of hydrogen-bond acceptors (Lipinski definition) is 7. The Balaban J connectivity index is 1.35. The Morgan fingerprint density at radius 3 is 2.45 bits per heavy atom. The van der Waals surface area contributed by atoms with Gasteiger partial charge in [0.05, 0.1) is 0 Å². The van der Waals surface area contributed by atoms with Crippen molar-refractivity contribution in [3.63, 3.8) is 0 Å². The van der Waals surface area contributed by atoms with Crippen molar-refractivity contribution in [1.29, 1.82) is 0 Å². The molecule has 0 aliphatic heterocycles. The van der Waals surface area contributed by atoms with Crippen molar-refractivity contribution in [2.24, 2.45) is 0 Å². The third-order valence-electron chi connectivity index (χ3n) is 7.61. The molecule has 2 heterocycles. The molecule has 0 bridgehead atoms. The van der Waals surface area contributed by atoms with Gasteiger partial charge in [-0.2, -0.15) is 0 Å². The quantitative estimate of drug-likeness (QED) is 0.115. The van der Waals surface area contributed by atoms with Gasteiger partial charge in [-0.15, -0.1) is 5.10 Å². The second-order valence-corrected chi connectivity index (χ2v) is 10.8. The largest absolute Gasteiger partial charge is 0.347 e. The lowest BCUT2D eigenvalue weighted by molar-refractivity contribution is -0.129. The van der Waals surface area contributed by atoms with Gasteiger partial charge >= 0.3 is 0 Å². The number of aromatic nitrogens is 6. The lowest BCUT2D eigenvalue weighted by Gasteiger charge is -2.18. The summed E-state index contributed by atoms with van der Waals surface area (Å²) in [5.41, 5.74) is 8.06. The summed E-state index contributed by atoms with van der Waals surface area (Å²) < 4.78 is 2.02. The van der Waals surface area contributed by atoms with E-state index in [4.69, 9.17) is 10.2 Å². The summed E-state index contributed by atoms with van der Waals surface area (Å²) in [4.78, 5) is 30.2. The van der Waals surface area contributed by atoms with Crippen LogP contribution in [0.4, 0.5) is 0 Å². The first-order valence-electron chi connectivity index (χ1n) is 14.7. The molecule has 11 heteroatoms. The highest BCUT2D eigenvalue weighted by Gasteiger charge is 2.21. The van der Waals surface area contributed by atoms with Gasteiger partial charge in [-0.25, -0.2) is 15.6 Å². The van der Waals surface area contributed by atoms with Gasteiger partial charge in [0.25, 0.3) is 5.91 Å². The monoisotopic (exact) mass is 592 g/mol. The number of imidazole rings is 1. The first-order valence-corrected chi connectivity index (χ1v) is 14.7. The van der Waals surface area contributed by atoms with Gasteiger partial charge in [0, 0.05) is 37.2 Å². The van der Waals surface area contributed by atoms with Crippen molar-refractivity contribution < 1.29 is 14.8 Å². The number of aryl methyl sites for hydroxylation is 2. The summed E-state index contributed by atoms with van der Waals surface area (Å²) in [5.74, 6) is 0.502. The van der Waals surface area contributed by atoms with E-state index in [9.17, 15) is 9.59 Å². The minimum atomic E-state index is -0.568. The van der Waals surface area contributed by atoms with Gasteiger partial charge in [-0.3, -0.25) is 14.8 Å². The molecule has 0 radical (unpaired) electrons. The molecule has 1 atom stereocenters. The van der Waals surface area contributed by atoms with E-state index >= 15 is 0 Å². The van der Waals surface area contributed by atoms with Crippen molar-refractivity contribution in [2.45, 2.75) is 58.5 Å². The van der Waals surface area contributed by atoms with Gasteiger partial charge < -0.3 is 9.88 Å². The van der Waals surface area contributed by atoms with Crippen LogP contribution in [0.15, 0.2) is 79.0 Å². The molecule has 44 heavy (non-hydrogen) atoms. The zero-order valence-electron chi connectivity index (χ0n) is 24.8. The molecular weight excluding hydrogens is 556 g/mol. The predicted octanol–water partition coefficient (Wildman–Crippen LogP) is 4.67. The van der Waals surface area contributed by atoms with Crippen LogP contribution in [-0.4, -0.2) is 53.2 Å². The van der Waals surface area contributed by atoms with E-state index in [1.54, 1.807) is 11.7 Å². The van der Waals surface area contributed by atoms with Crippen LogP contribution in [0.1, 0.15) is 59.2 Å². The van der Waals surface area contributed by atoms with Gasteiger partial charge in [-0.05, 0) is 58.0 Å². The minimum Gasteiger partial charge on any atom is -0.347 e. The Morgan fingerprint density at radius 1 is 1.00 bits per heavy atom. The Bertz CT molecular complexity index is 1700. The highest BCUT2D eigenvalue weighted by Crippen LogP contribution is 2.30. The van der Waals surface area contributed by atoms with Gasteiger partial charge in [0.2, 0.25) is 5.91 Å². The summed E-state index contributed by atoms with van der Waals surface area (Å²) in [7, 11) is 0. The van der Waals surface area contributed by atoms with E-state index in [1.165, 1.54) is 0 Å². The first kappa shape index (κ1) is 30.3. The molecule has 226 valence electrons. The number of amides is 2. The maximum atomic E-state index is 13.4. The third kappa shape index (κ3) is 7.42. The molecule has 0 saturated heterocycles. The van der Waals surface area contributed by atoms with Crippen LogP contribution < -0.4 is 10.8 Å². The van der Waals surface area contributed by atoms with Crippen molar-refractivity contribution >= 4 is 11.8 Å². The van der Waals surface area contributed by atoms with Crippen molar-refractivity contribution in [2.75, 3.05) is 0 Å². The van der Waals surface area contributed by atoms with Crippen LogP contribution in [0, 0.1) is 6.92 Å². The number of aromatic amines is 1. The van der Waals surface area contributed by atoms with Crippen LogP contribution in [0.2, 0.25) is 0 Å². The lowest BCUT2D eigenvalue weighted by atomic mass is 9.98. The van der Waals surface area contributed by atoms with Crippen LogP contribution >= 0.6 is 0 Å². The van der Waals surface area contributed by atoms with Gasteiger partial charge in [-0.1, -0.05) is 86.1 Å². The number of carbonyl (C=O) groups excluding carboxylic acids is 2. The molecule has 4 N–H and O–H groups in total. The van der Waals surface area contributed by atoms with E-state index in [0.29, 0.717) is 24.5 Å². The molecule has 0 aliphatic rings. The number of hydroxylamine groups is 1. The number of nitrogens with one attached hydrogen (secondary N) is 3. The molecule has 0 saturated carbocycles. The second-order valence-electron chi connectivity index (χ2n) is 10.8. The standard InChI is InChI=1S/C33H36N8O3/c1-3-4-13-30-35-29(33(43)34-26(19-31(42)38-44)18-25-10-6-5-9-22(25)2)21-41(30)20-23-14-16-24(17-15-23)27-11-7-8-12-28(27)32-36-39-40-37-32/h5-12,14-17,21,26,44H,3-4,13,18-20H2,1-2H3,(H,34,43)(H,38,42)(H,36,37,39,40)/t26-/m1/s1. The number of carbonyl (C=O) groups is 2. The molecule has 0 fully saturated rings. The average molecular weight is 593 g/mol. The number of nitrogens with zero attached hydrogens (tertiary/aromatic N) is 5. The van der Waals surface area contributed by atoms with E-state index in [-0.39, 0.29) is 12.3 Å². The van der Waals surface area contributed by atoms with Crippen molar-refractivity contribution in [3.8, 4) is 22.5 Å². The maximum Gasteiger partial charge on any atom is 0.271 e.